The maximum Gasteiger partial charge on any atom is 0.341 e. The van der Waals surface area contributed by atoms with Crippen LogP contribution in [0, 0.1) is 0 Å². The molecular weight excluding hydrogens is 751 g/mol. The number of anilines is 1. The zero-order chi connectivity index (χ0) is 40.9. The van der Waals surface area contributed by atoms with E-state index in [0.29, 0.717) is 42.4 Å². The lowest BCUT2D eigenvalue weighted by Crippen LogP contribution is -2.54. The van der Waals surface area contributed by atoms with Crippen molar-refractivity contribution in [2.45, 2.75) is 161 Å². The molecule has 55 heavy (non-hydrogen) atoms. The summed E-state index contributed by atoms with van der Waals surface area (Å²) in [6, 6.07) is 0.0421. The van der Waals surface area contributed by atoms with Gasteiger partial charge in [0.2, 0.25) is 0 Å². The van der Waals surface area contributed by atoms with Crippen LogP contribution >= 0.6 is 0 Å². The van der Waals surface area contributed by atoms with Crippen LogP contribution in [0.3, 0.4) is 0 Å². The summed E-state index contributed by atoms with van der Waals surface area (Å²) in [7, 11) is -6.94. The molecule has 3 aromatic rings. The van der Waals surface area contributed by atoms with Crippen LogP contribution in [0.1, 0.15) is 92.2 Å². The molecule has 5 unspecified atom stereocenters. The van der Waals surface area contributed by atoms with Gasteiger partial charge in [0.25, 0.3) is 5.95 Å². The lowest BCUT2D eigenvalue weighted by Gasteiger charge is -2.44. The van der Waals surface area contributed by atoms with Gasteiger partial charge in [0.1, 0.15) is 18.3 Å². The highest BCUT2D eigenvalue weighted by atomic mass is 28.4. The minimum absolute atomic E-state index is 0.0130. The van der Waals surface area contributed by atoms with Crippen LogP contribution in [0.4, 0.5) is 5.82 Å². The number of carbonyl (C=O) groups is 1. The number of carbonyl (C=O) groups excluding carboxylic acids is 1. The second-order valence-corrected chi connectivity index (χ2v) is 33.9. The van der Waals surface area contributed by atoms with Gasteiger partial charge >= 0.3 is 5.97 Å². The van der Waals surface area contributed by atoms with Crippen molar-refractivity contribution in [2.75, 3.05) is 31.7 Å². The number of aromatic nitrogens is 6. The van der Waals surface area contributed by atoms with Gasteiger partial charge in [0.05, 0.1) is 44.0 Å². The summed E-state index contributed by atoms with van der Waals surface area (Å²) in [6.45, 7) is 37.5. The summed E-state index contributed by atoms with van der Waals surface area (Å²) in [6.07, 6.45) is 3.63. The van der Waals surface area contributed by atoms with Gasteiger partial charge in [-0.15, -0.1) is 0 Å². The Hall–Kier alpha value is -2.52. The number of imidazole rings is 1. The number of hydrogen-bond donors (Lipinski definition) is 1. The molecule has 5 heterocycles. The Morgan fingerprint density at radius 1 is 0.909 bits per heavy atom. The quantitative estimate of drug-likeness (QED) is 0.131. The molecular formula is C38H67N7O7Si3. The first-order valence-electron chi connectivity index (χ1n) is 19.7. The second kappa shape index (κ2) is 15.7. The van der Waals surface area contributed by atoms with Crippen molar-refractivity contribution in [3.63, 3.8) is 0 Å². The summed E-state index contributed by atoms with van der Waals surface area (Å²) < 4.78 is 43.2. The maximum absolute atomic E-state index is 12.6. The third kappa shape index (κ3) is 9.29. The van der Waals surface area contributed by atoms with Crippen LogP contribution in [-0.4, -0.2) is 111 Å². The van der Waals surface area contributed by atoms with Crippen LogP contribution in [0.5, 0.6) is 0 Å². The molecule has 5 atom stereocenters. The first-order valence-corrected chi connectivity index (χ1v) is 28.4. The molecule has 14 nitrogen and oxygen atoms in total. The number of nitrogens with one attached hydrogen (secondary N) is 1. The van der Waals surface area contributed by atoms with Gasteiger partial charge in [-0.3, -0.25) is 4.57 Å². The first kappa shape index (κ1) is 43.6. The monoisotopic (exact) mass is 817 g/mol. The van der Waals surface area contributed by atoms with E-state index in [-0.39, 0.29) is 33.7 Å². The zero-order valence-corrected chi connectivity index (χ0v) is 39.2. The van der Waals surface area contributed by atoms with E-state index in [1.807, 2.05) is 4.57 Å². The van der Waals surface area contributed by atoms with E-state index in [4.69, 9.17) is 42.4 Å². The molecule has 0 saturated carbocycles. The van der Waals surface area contributed by atoms with Gasteiger partial charge in [-0.2, -0.15) is 15.1 Å². The molecule has 1 N–H and O–H groups in total. The summed E-state index contributed by atoms with van der Waals surface area (Å²) in [5, 5.41) is 7.88. The fourth-order valence-corrected chi connectivity index (χ4v) is 9.38. The predicted molar refractivity (Wildman–Crippen MR) is 222 cm³/mol. The topological polar surface area (TPSA) is 146 Å². The van der Waals surface area contributed by atoms with Crippen molar-refractivity contribution in [1.29, 1.82) is 0 Å². The SMILES string of the molecule is CCOC(=O)c1cnn(-c2nc(NC3CCOC3)c3ncn(C4OC(CO[Si](C)(C)C(C)(C)C)C(O[Si](C)(C)C(C)(C)C)C4O[Si](C)(C)C(C)(C)C)c3n2)c1. The molecule has 0 amide bonds. The normalized spacial score (nSPS) is 23.2. The number of rotatable bonds is 13. The minimum Gasteiger partial charge on any atom is -0.462 e. The standard InChI is InChI=1S/C38H67N7O7Si3/c1-17-48-34(46)25-20-40-45(21-25)35-42-31(41-26-18-19-47-22-26)28-32(43-35)44(24-39-28)33-30(52-55(15,16)38(8,9)10)29(51-54(13,14)37(5,6)7)27(50-33)23-49-53(11,12)36(2,3)4/h20-21,24,26-27,29-30,33H,17-19,22-23H2,1-16H3,(H,41,42,43). The van der Waals surface area contributed by atoms with E-state index >= 15 is 0 Å². The molecule has 0 aliphatic carbocycles. The molecule has 0 aromatic carbocycles. The Bertz CT molecular complexity index is 1800. The third-order valence-corrected chi connectivity index (χ3v) is 25.9. The summed E-state index contributed by atoms with van der Waals surface area (Å²) in [5.74, 6) is 0.331. The van der Waals surface area contributed by atoms with E-state index < -0.39 is 55.5 Å². The Kier molecular flexibility index (Phi) is 12.4. The number of ether oxygens (including phenoxy) is 3. The van der Waals surface area contributed by atoms with Crippen LogP contribution in [-0.2, 0) is 27.5 Å². The zero-order valence-electron chi connectivity index (χ0n) is 36.2. The molecule has 2 saturated heterocycles. The van der Waals surface area contributed by atoms with E-state index in [2.05, 4.69) is 112 Å². The van der Waals surface area contributed by atoms with Crippen molar-refractivity contribution >= 4 is 47.9 Å². The average molecular weight is 818 g/mol. The van der Waals surface area contributed by atoms with Crippen LogP contribution in [0.25, 0.3) is 17.1 Å². The number of hydrogen-bond acceptors (Lipinski definition) is 12. The van der Waals surface area contributed by atoms with Crippen molar-refractivity contribution < 1.29 is 32.3 Å². The smallest absolute Gasteiger partial charge is 0.341 e. The average Bonchev–Trinajstić information content (AvgIpc) is 3.86. The van der Waals surface area contributed by atoms with Crippen molar-refractivity contribution in [2.24, 2.45) is 0 Å². The van der Waals surface area contributed by atoms with E-state index in [1.165, 1.54) is 10.9 Å². The van der Waals surface area contributed by atoms with Crippen molar-refractivity contribution in [3.05, 3.63) is 24.3 Å². The summed E-state index contributed by atoms with van der Waals surface area (Å²) in [5.41, 5.74) is 1.41. The maximum atomic E-state index is 12.6. The Morgan fingerprint density at radius 2 is 1.53 bits per heavy atom. The van der Waals surface area contributed by atoms with E-state index in [0.717, 1.165) is 6.42 Å². The van der Waals surface area contributed by atoms with Gasteiger partial charge in [0, 0.05) is 12.8 Å². The highest BCUT2D eigenvalue weighted by Crippen LogP contribution is 2.47. The molecule has 2 aliphatic rings. The van der Waals surface area contributed by atoms with Crippen molar-refractivity contribution in [3.8, 4) is 5.95 Å². The molecule has 17 heteroatoms. The number of nitrogens with zero attached hydrogens (tertiary/aromatic N) is 6. The fraction of sp³-hybridized carbons (Fsp3) is 0.763. The van der Waals surface area contributed by atoms with E-state index in [9.17, 15) is 4.79 Å². The van der Waals surface area contributed by atoms with Crippen LogP contribution in [0.15, 0.2) is 18.7 Å². The number of fused-ring (bicyclic) bond motifs is 1. The van der Waals surface area contributed by atoms with Crippen LogP contribution < -0.4 is 5.32 Å². The molecule has 3 aromatic heterocycles. The molecule has 0 bridgehead atoms. The molecule has 2 fully saturated rings. The lowest BCUT2D eigenvalue weighted by atomic mass is 10.1. The molecule has 0 spiro atoms. The van der Waals surface area contributed by atoms with Crippen molar-refractivity contribution in [1.82, 2.24) is 29.3 Å². The summed E-state index contributed by atoms with van der Waals surface area (Å²) in [4.78, 5) is 27.4. The van der Waals surface area contributed by atoms with Crippen LogP contribution in [0.2, 0.25) is 54.4 Å². The minimum atomic E-state index is -2.42. The highest BCUT2D eigenvalue weighted by Gasteiger charge is 2.55. The first-order chi connectivity index (χ1) is 25.3. The Morgan fingerprint density at radius 3 is 2.09 bits per heavy atom. The Balaban J connectivity index is 1.68. The van der Waals surface area contributed by atoms with Gasteiger partial charge < -0.3 is 32.8 Å². The third-order valence-electron chi connectivity index (χ3n) is 12.4. The fourth-order valence-electron chi connectivity index (χ4n) is 5.76. The summed E-state index contributed by atoms with van der Waals surface area (Å²) >= 11 is 0. The number of esters is 1. The highest BCUT2D eigenvalue weighted by molar-refractivity contribution is 6.75. The molecule has 0 radical (unpaired) electrons. The Labute approximate surface area is 331 Å². The van der Waals surface area contributed by atoms with Gasteiger partial charge in [-0.25, -0.2) is 14.5 Å². The van der Waals surface area contributed by atoms with Gasteiger partial charge in [-0.1, -0.05) is 62.3 Å². The van der Waals surface area contributed by atoms with E-state index in [1.54, 1.807) is 19.4 Å². The molecule has 308 valence electrons. The largest absolute Gasteiger partial charge is 0.462 e. The molecule has 2 aliphatic heterocycles. The predicted octanol–water partition coefficient (Wildman–Crippen LogP) is 8.09. The lowest BCUT2D eigenvalue weighted by molar-refractivity contribution is -0.0470. The molecule has 5 rings (SSSR count). The van der Waals surface area contributed by atoms with Gasteiger partial charge in [-0.05, 0) is 67.7 Å². The van der Waals surface area contributed by atoms with Gasteiger partial charge in [0.15, 0.2) is 48.2 Å². The second-order valence-electron chi connectivity index (χ2n) is 19.6.